The summed E-state index contributed by atoms with van der Waals surface area (Å²) < 4.78 is 13.0. The number of aliphatic imine (C=N–C) groups is 1. The van der Waals surface area contributed by atoms with Crippen LogP contribution in [0.4, 0.5) is 0 Å². The molecule has 1 fully saturated rings. The van der Waals surface area contributed by atoms with E-state index in [0.717, 1.165) is 53.6 Å². The third kappa shape index (κ3) is 4.56. The first-order valence-electron chi connectivity index (χ1n) is 12.2. The molecule has 0 spiro atoms. The fourth-order valence-corrected chi connectivity index (χ4v) is 5.50. The zero-order chi connectivity index (χ0) is 23.7. The van der Waals surface area contributed by atoms with Gasteiger partial charge in [0.15, 0.2) is 5.70 Å². The first-order chi connectivity index (χ1) is 16.5. The predicted octanol–water partition coefficient (Wildman–Crippen LogP) is 5.96. The van der Waals surface area contributed by atoms with E-state index < -0.39 is 0 Å². The molecule has 0 radical (unpaired) electrons. The van der Waals surface area contributed by atoms with E-state index in [0.29, 0.717) is 16.8 Å². The van der Waals surface area contributed by atoms with E-state index in [1.807, 2.05) is 26.0 Å². The molecule has 0 atom stereocenters. The van der Waals surface area contributed by atoms with Gasteiger partial charge in [-0.3, -0.25) is 5.32 Å². The number of fused-ring (bicyclic) bond motifs is 1. The van der Waals surface area contributed by atoms with Crippen LogP contribution in [0.3, 0.4) is 0 Å². The number of amidine groups is 1. The van der Waals surface area contributed by atoms with Gasteiger partial charge in [0, 0.05) is 12.0 Å². The van der Waals surface area contributed by atoms with Gasteiger partial charge >= 0.3 is 0 Å². The van der Waals surface area contributed by atoms with E-state index in [9.17, 15) is 0 Å². The molecule has 5 rings (SSSR count). The molecule has 0 amide bonds. The molecule has 34 heavy (non-hydrogen) atoms. The number of halogens is 1. The lowest BCUT2D eigenvalue weighted by molar-refractivity contribution is -0.351. The topological polar surface area (TPSA) is 62.7 Å². The highest BCUT2D eigenvalue weighted by molar-refractivity contribution is 6.32. The Morgan fingerprint density at radius 3 is 2.71 bits per heavy atom. The third-order valence-electron chi connectivity index (χ3n) is 7.00. The largest absolute Gasteiger partial charge is 0.495 e. The maximum absolute atomic E-state index is 6.36. The maximum atomic E-state index is 6.36. The van der Waals surface area contributed by atoms with Gasteiger partial charge < -0.3 is 9.26 Å². The highest BCUT2D eigenvalue weighted by atomic mass is 35.5. The Morgan fingerprint density at radius 1 is 1.18 bits per heavy atom. The third-order valence-corrected chi connectivity index (χ3v) is 7.29. The number of nitrogens with one attached hydrogen (secondary N) is 1. The number of ether oxygens (including phenoxy) is 1. The van der Waals surface area contributed by atoms with Gasteiger partial charge in [-0.05, 0) is 62.5 Å². The number of hydrogen-bond acceptors (Lipinski definition) is 5. The Kier molecular flexibility index (Phi) is 6.59. The van der Waals surface area contributed by atoms with Gasteiger partial charge in [-0.15, -0.1) is 4.99 Å². The molecule has 2 aromatic rings. The molecule has 6 nitrogen and oxygen atoms in total. The minimum absolute atomic E-state index is 0.505. The highest BCUT2D eigenvalue weighted by Crippen LogP contribution is 2.33. The number of aryl methyl sites for hydroxylation is 3. The Bertz CT molecular complexity index is 1200. The Hall–Kier alpha value is -2.86. The minimum Gasteiger partial charge on any atom is -0.495 e. The Balaban J connectivity index is 1.41. The standard InChI is InChI=1S/C27H32ClN4O2/c1-17-26(18(2)34-31-17)20-13-14-32-25(16-20)30-23(27(32)29-21-7-5-4-6-8-21)11-9-19-10-12-24(33-3)22(28)15-19/h10,12-15,21,29H,4-9,11,16H2,1-3H3/q+1. The average molecular weight is 480 g/mol. The van der Waals surface area contributed by atoms with Crippen molar-refractivity contribution in [2.45, 2.75) is 71.3 Å². The molecule has 2 aliphatic heterocycles. The summed E-state index contributed by atoms with van der Waals surface area (Å²) in [7, 11) is 1.64. The molecule has 3 aliphatic rings. The van der Waals surface area contributed by atoms with Gasteiger partial charge in [0.25, 0.3) is 5.82 Å². The summed E-state index contributed by atoms with van der Waals surface area (Å²) in [5.74, 6) is 3.75. The SMILES string of the molecule is COc1ccc(CCC2=C(NC3CCCCC3)[N+]3=CC=C(c4c(C)noc4C)CC3=N2)cc1Cl. The zero-order valence-corrected chi connectivity index (χ0v) is 20.9. The van der Waals surface area contributed by atoms with Crippen LogP contribution in [-0.4, -0.2) is 34.9 Å². The second kappa shape index (κ2) is 9.79. The quantitative estimate of drug-likeness (QED) is 0.497. The second-order valence-corrected chi connectivity index (χ2v) is 9.77. The van der Waals surface area contributed by atoms with Crippen LogP contribution >= 0.6 is 11.6 Å². The molecule has 1 aliphatic carbocycles. The smallest absolute Gasteiger partial charge is 0.265 e. The number of aromatic nitrogens is 1. The van der Waals surface area contributed by atoms with E-state index >= 15 is 0 Å². The molecule has 0 bridgehead atoms. The van der Waals surface area contributed by atoms with E-state index in [2.05, 4.69) is 33.4 Å². The molecule has 3 heterocycles. The van der Waals surface area contributed by atoms with Gasteiger partial charge in [-0.1, -0.05) is 42.1 Å². The Labute approximate surface area is 206 Å². The molecule has 0 saturated heterocycles. The minimum atomic E-state index is 0.505. The van der Waals surface area contributed by atoms with Crippen LogP contribution in [0.15, 0.2) is 45.3 Å². The van der Waals surface area contributed by atoms with Crippen molar-refractivity contribution in [3.05, 3.63) is 63.4 Å². The number of rotatable bonds is 7. The zero-order valence-electron chi connectivity index (χ0n) is 20.2. The van der Waals surface area contributed by atoms with E-state index in [4.69, 9.17) is 25.9 Å². The molecule has 1 aromatic heterocycles. The molecular formula is C27H32ClN4O2+. The lowest BCUT2D eigenvalue weighted by Crippen LogP contribution is -2.36. The van der Waals surface area contributed by atoms with Crippen LogP contribution in [0.2, 0.25) is 5.02 Å². The van der Waals surface area contributed by atoms with Crippen molar-refractivity contribution >= 4 is 29.2 Å². The predicted molar refractivity (Wildman–Crippen MR) is 136 cm³/mol. The fraction of sp³-hybridized carbons (Fsp3) is 0.444. The summed E-state index contributed by atoms with van der Waals surface area (Å²) >= 11 is 6.36. The van der Waals surface area contributed by atoms with Crippen molar-refractivity contribution in [1.29, 1.82) is 0 Å². The molecule has 7 heteroatoms. The van der Waals surface area contributed by atoms with Crippen LogP contribution in [0.1, 0.15) is 67.5 Å². The molecule has 1 saturated carbocycles. The van der Waals surface area contributed by atoms with Crippen LogP contribution in [-0.2, 0) is 6.42 Å². The summed E-state index contributed by atoms with van der Waals surface area (Å²) in [5, 5.41) is 8.64. The van der Waals surface area contributed by atoms with E-state index in [1.54, 1.807) is 7.11 Å². The summed E-state index contributed by atoms with van der Waals surface area (Å²) in [5.41, 5.74) is 5.51. The number of hydrogen-bond donors (Lipinski definition) is 1. The number of allylic oxidation sites excluding steroid dienone is 2. The lowest BCUT2D eigenvalue weighted by atomic mass is 9.95. The van der Waals surface area contributed by atoms with Gasteiger partial charge in [-0.2, -0.15) is 0 Å². The van der Waals surface area contributed by atoms with E-state index in [-0.39, 0.29) is 0 Å². The maximum Gasteiger partial charge on any atom is 0.265 e. The van der Waals surface area contributed by atoms with Crippen LogP contribution in [0.25, 0.3) is 5.57 Å². The van der Waals surface area contributed by atoms with Crippen LogP contribution < -0.4 is 10.1 Å². The van der Waals surface area contributed by atoms with E-state index in [1.165, 1.54) is 43.2 Å². The molecule has 178 valence electrons. The monoisotopic (exact) mass is 479 g/mol. The van der Waals surface area contributed by atoms with Crippen molar-refractivity contribution in [3.63, 3.8) is 0 Å². The summed E-state index contributed by atoms with van der Waals surface area (Å²) in [6.45, 7) is 3.97. The summed E-state index contributed by atoms with van der Waals surface area (Å²) in [4.78, 5) is 5.13. The van der Waals surface area contributed by atoms with Crippen LogP contribution in [0, 0.1) is 13.8 Å². The van der Waals surface area contributed by atoms with Gasteiger partial charge in [0.1, 0.15) is 11.5 Å². The molecular weight excluding hydrogens is 448 g/mol. The van der Waals surface area contributed by atoms with Gasteiger partial charge in [-0.25, -0.2) is 4.58 Å². The number of benzene rings is 1. The van der Waals surface area contributed by atoms with Gasteiger partial charge in [0.2, 0.25) is 5.84 Å². The average Bonchev–Trinajstić information content (AvgIpc) is 3.36. The number of nitrogens with zero attached hydrogens (tertiary/aromatic N) is 3. The molecule has 1 N–H and O–H groups in total. The number of methoxy groups -OCH3 is 1. The van der Waals surface area contributed by atoms with Crippen molar-refractivity contribution in [2.24, 2.45) is 4.99 Å². The summed E-state index contributed by atoms with van der Waals surface area (Å²) in [6, 6.07) is 6.52. The van der Waals surface area contributed by atoms with Gasteiger partial charge in [0.05, 0.1) is 36.5 Å². The first-order valence-corrected chi connectivity index (χ1v) is 12.6. The van der Waals surface area contributed by atoms with Crippen molar-refractivity contribution in [1.82, 2.24) is 10.5 Å². The Morgan fingerprint density at radius 2 is 2.00 bits per heavy atom. The molecule has 1 aromatic carbocycles. The first kappa shape index (κ1) is 22.9. The van der Waals surface area contributed by atoms with Crippen molar-refractivity contribution in [3.8, 4) is 5.75 Å². The summed E-state index contributed by atoms with van der Waals surface area (Å²) in [6.07, 6.45) is 13.1. The molecule has 0 unspecified atom stereocenters. The highest BCUT2D eigenvalue weighted by Gasteiger charge is 2.35. The van der Waals surface area contributed by atoms with Crippen LogP contribution in [0.5, 0.6) is 5.75 Å². The van der Waals surface area contributed by atoms with Crippen molar-refractivity contribution < 1.29 is 13.8 Å². The lowest BCUT2D eigenvalue weighted by Gasteiger charge is -2.22. The fourth-order valence-electron chi connectivity index (χ4n) is 5.22. The second-order valence-electron chi connectivity index (χ2n) is 9.36. The van der Waals surface area contributed by atoms with Crippen molar-refractivity contribution in [2.75, 3.05) is 7.11 Å². The normalized spacial score (nSPS) is 18.4.